The molecule has 2 N–H and O–H groups in total. The molecular formula is C13H18N2O2. The van der Waals surface area contributed by atoms with E-state index < -0.39 is 0 Å². The molecule has 0 saturated heterocycles. The molecule has 0 aliphatic heterocycles. The summed E-state index contributed by atoms with van der Waals surface area (Å²) in [5.74, 6) is 1.91. The molecule has 92 valence electrons. The lowest BCUT2D eigenvalue weighted by atomic mass is 10.3. The summed E-state index contributed by atoms with van der Waals surface area (Å²) in [5.41, 5.74) is 6.58. The van der Waals surface area contributed by atoms with Crippen LogP contribution in [0.3, 0.4) is 0 Å². The molecule has 4 nitrogen and oxygen atoms in total. The van der Waals surface area contributed by atoms with Crippen LogP contribution >= 0.6 is 0 Å². The summed E-state index contributed by atoms with van der Waals surface area (Å²) in [6.07, 6.45) is 3.42. The van der Waals surface area contributed by atoms with Crippen molar-refractivity contribution in [3.05, 3.63) is 47.8 Å². The zero-order valence-electron chi connectivity index (χ0n) is 10.1. The first-order chi connectivity index (χ1) is 8.31. The van der Waals surface area contributed by atoms with Gasteiger partial charge in [0.05, 0.1) is 25.6 Å². The van der Waals surface area contributed by atoms with Gasteiger partial charge in [0, 0.05) is 12.1 Å². The van der Waals surface area contributed by atoms with Crippen molar-refractivity contribution in [2.75, 3.05) is 6.54 Å². The van der Waals surface area contributed by atoms with E-state index in [0.29, 0.717) is 6.54 Å². The Morgan fingerprint density at radius 3 is 2.65 bits per heavy atom. The lowest BCUT2D eigenvalue weighted by Crippen LogP contribution is -2.21. The number of nitrogens with two attached hydrogens (primary N) is 1. The van der Waals surface area contributed by atoms with Crippen molar-refractivity contribution in [2.24, 2.45) is 5.73 Å². The van der Waals surface area contributed by atoms with E-state index in [-0.39, 0.29) is 0 Å². The molecule has 0 bridgehead atoms. The van der Waals surface area contributed by atoms with Gasteiger partial charge in [-0.05, 0) is 24.7 Å². The predicted octanol–water partition coefficient (Wildman–Crippen LogP) is 2.35. The minimum atomic E-state index is 0.522. The van der Waals surface area contributed by atoms with Crippen molar-refractivity contribution >= 4 is 0 Å². The zero-order chi connectivity index (χ0) is 12.1. The van der Waals surface area contributed by atoms with Gasteiger partial charge in [-0.3, -0.25) is 4.90 Å². The standard InChI is InChI=1S/C13H18N2O2/c1-2-15(8-12-4-3-5-16-12)9-13-6-11(7-14)10-17-13/h3-6,10H,2,7-9,14H2,1H3. The van der Waals surface area contributed by atoms with E-state index in [1.165, 1.54) is 0 Å². The molecule has 0 saturated carbocycles. The summed E-state index contributed by atoms with van der Waals surface area (Å²) in [4.78, 5) is 2.25. The zero-order valence-corrected chi connectivity index (χ0v) is 10.1. The Morgan fingerprint density at radius 1 is 1.24 bits per heavy atom. The van der Waals surface area contributed by atoms with Crippen molar-refractivity contribution < 1.29 is 8.83 Å². The van der Waals surface area contributed by atoms with Crippen LogP contribution in [0.1, 0.15) is 24.0 Å². The summed E-state index contributed by atoms with van der Waals surface area (Å²) >= 11 is 0. The van der Waals surface area contributed by atoms with Crippen LogP contribution in [-0.4, -0.2) is 11.4 Å². The molecule has 0 fully saturated rings. The van der Waals surface area contributed by atoms with E-state index in [0.717, 1.165) is 36.7 Å². The Bertz CT molecular complexity index is 434. The van der Waals surface area contributed by atoms with Gasteiger partial charge in [-0.15, -0.1) is 0 Å². The molecule has 2 aromatic heterocycles. The first kappa shape index (κ1) is 12.0. The topological polar surface area (TPSA) is 55.5 Å². The molecule has 0 aromatic carbocycles. The van der Waals surface area contributed by atoms with Crippen LogP contribution in [0.4, 0.5) is 0 Å². The van der Waals surface area contributed by atoms with Gasteiger partial charge in [-0.25, -0.2) is 0 Å². The van der Waals surface area contributed by atoms with Gasteiger partial charge in [0.1, 0.15) is 11.5 Å². The average Bonchev–Trinajstić information content (AvgIpc) is 2.99. The fourth-order valence-corrected chi connectivity index (χ4v) is 1.74. The van der Waals surface area contributed by atoms with E-state index >= 15 is 0 Å². The van der Waals surface area contributed by atoms with Crippen molar-refractivity contribution in [2.45, 2.75) is 26.6 Å². The Hall–Kier alpha value is -1.52. The van der Waals surface area contributed by atoms with Crippen LogP contribution in [0.15, 0.2) is 39.6 Å². The van der Waals surface area contributed by atoms with Crippen LogP contribution in [-0.2, 0) is 19.6 Å². The highest BCUT2D eigenvalue weighted by atomic mass is 16.3. The number of hydrogen-bond donors (Lipinski definition) is 1. The highest BCUT2D eigenvalue weighted by molar-refractivity contribution is 5.12. The minimum absolute atomic E-state index is 0.522. The van der Waals surface area contributed by atoms with Crippen molar-refractivity contribution in [1.82, 2.24) is 4.90 Å². The molecule has 0 aliphatic carbocycles. The van der Waals surface area contributed by atoms with E-state index in [2.05, 4.69) is 11.8 Å². The third-order valence-corrected chi connectivity index (χ3v) is 2.73. The summed E-state index contributed by atoms with van der Waals surface area (Å²) in [6.45, 7) is 5.16. The molecule has 0 spiro atoms. The number of nitrogens with zero attached hydrogens (tertiary/aromatic N) is 1. The highest BCUT2D eigenvalue weighted by Gasteiger charge is 2.09. The Balaban J connectivity index is 1.95. The van der Waals surface area contributed by atoms with Gasteiger partial charge < -0.3 is 14.6 Å². The van der Waals surface area contributed by atoms with Gasteiger partial charge >= 0.3 is 0 Å². The first-order valence-electron chi connectivity index (χ1n) is 5.83. The SMILES string of the molecule is CCN(Cc1ccco1)Cc1cc(CN)co1. The van der Waals surface area contributed by atoms with E-state index in [1.807, 2.05) is 18.2 Å². The van der Waals surface area contributed by atoms with Crippen LogP contribution in [0.25, 0.3) is 0 Å². The Kier molecular flexibility index (Phi) is 4.01. The number of rotatable bonds is 6. The first-order valence-corrected chi connectivity index (χ1v) is 5.83. The number of hydrogen-bond acceptors (Lipinski definition) is 4. The Labute approximate surface area is 101 Å². The fraction of sp³-hybridized carbons (Fsp3) is 0.385. The molecule has 0 aliphatic rings. The quantitative estimate of drug-likeness (QED) is 0.833. The molecule has 0 amide bonds. The fourth-order valence-electron chi connectivity index (χ4n) is 1.74. The second-order valence-electron chi connectivity index (χ2n) is 4.01. The third-order valence-electron chi connectivity index (χ3n) is 2.73. The second kappa shape index (κ2) is 5.70. The molecule has 2 rings (SSSR count). The maximum Gasteiger partial charge on any atom is 0.118 e. The maximum atomic E-state index is 5.55. The van der Waals surface area contributed by atoms with Gasteiger partial charge in [0.25, 0.3) is 0 Å². The predicted molar refractivity (Wildman–Crippen MR) is 65.1 cm³/mol. The monoisotopic (exact) mass is 234 g/mol. The molecule has 2 heterocycles. The third kappa shape index (κ3) is 3.22. The smallest absolute Gasteiger partial charge is 0.118 e. The largest absolute Gasteiger partial charge is 0.468 e. The van der Waals surface area contributed by atoms with Crippen LogP contribution in [0.5, 0.6) is 0 Å². The molecule has 0 unspecified atom stereocenters. The van der Waals surface area contributed by atoms with Crippen molar-refractivity contribution in [3.63, 3.8) is 0 Å². The van der Waals surface area contributed by atoms with E-state index in [9.17, 15) is 0 Å². The normalized spacial score (nSPS) is 11.2. The van der Waals surface area contributed by atoms with Crippen molar-refractivity contribution in [3.8, 4) is 0 Å². The van der Waals surface area contributed by atoms with Gasteiger partial charge in [-0.2, -0.15) is 0 Å². The molecule has 0 atom stereocenters. The molecule has 4 heteroatoms. The summed E-state index contributed by atoms with van der Waals surface area (Å²) in [6, 6.07) is 5.89. The summed E-state index contributed by atoms with van der Waals surface area (Å²) < 4.78 is 10.8. The number of furan rings is 2. The van der Waals surface area contributed by atoms with E-state index in [1.54, 1.807) is 12.5 Å². The van der Waals surface area contributed by atoms with Crippen LogP contribution in [0, 0.1) is 0 Å². The van der Waals surface area contributed by atoms with Crippen molar-refractivity contribution in [1.29, 1.82) is 0 Å². The second-order valence-corrected chi connectivity index (χ2v) is 4.01. The lowest BCUT2D eigenvalue weighted by molar-refractivity contribution is 0.229. The molecule has 0 radical (unpaired) electrons. The molecule has 17 heavy (non-hydrogen) atoms. The summed E-state index contributed by atoms with van der Waals surface area (Å²) in [7, 11) is 0. The Morgan fingerprint density at radius 2 is 2.06 bits per heavy atom. The lowest BCUT2D eigenvalue weighted by Gasteiger charge is -2.17. The average molecular weight is 234 g/mol. The maximum absolute atomic E-state index is 5.55. The summed E-state index contributed by atoms with van der Waals surface area (Å²) in [5, 5.41) is 0. The van der Waals surface area contributed by atoms with Gasteiger partial charge in [-0.1, -0.05) is 6.92 Å². The van der Waals surface area contributed by atoms with Crippen LogP contribution in [0.2, 0.25) is 0 Å². The van der Waals surface area contributed by atoms with Gasteiger partial charge in [0.2, 0.25) is 0 Å². The van der Waals surface area contributed by atoms with Crippen LogP contribution < -0.4 is 5.73 Å². The minimum Gasteiger partial charge on any atom is -0.468 e. The molecular weight excluding hydrogens is 216 g/mol. The van der Waals surface area contributed by atoms with E-state index in [4.69, 9.17) is 14.6 Å². The van der Waals surface area contributed by atoms with Gasteiger partial charge in [0.15, 0.2) is 0 Å². The highest BCUT2D eigenvalue weighted by Crippen LogP contribution is 2.12. The molecule has 2 aromatic rings.